The molecule has 0 unspecified atom stereocenters. The van der Waals surface area contributed by atoms with Crippen molar-refractivity contribution < 1.29 is 14.9 Å². The normalized spacial score (nSPS) is 12.9. The number of hydrogen-bond acceptors (Lipinski definition) is 3. The number of thiophene rings is 1. The minimum Gasteiger partial charge on any atom is -0.326 e. The van der Waals surface area contributed by atoms with E-state index in [-0.39, 0.29) is 23.8 Å². The summed E-state index contributed by atoms with van der Waals surface area (Å²) in [5, 5.41) is 7.12. The van der Waals surface area contributed by atoms with Gasteiger partial charge in [-0.3, -0.25) is 9.59 Å². The molecule has 2 aromatic carbocycles. The highest BCUT2D eigenvalue weighted by atomic mass is 32.1. The van der Waals surface area contributed by atoms with Crippen LogP contribution in [0.3, 0.4) is 0 Å². The first kappa shape index (κ1) is 21.0. The zero-order valence-corrected chi connectivity index (χ0v) is 17.8. The average molecular weight is 408 g/mol. The van der Waals surface area contributed by atoms with Gasteiger partial charge in [0, 0.05) is 16.8 Å². The number of nitrogens with two attached hydrogens (primary N) is 1. The summed E-state index contributed by atoms with van der Waals surface area (Å²) in [5.41, 5.74) is 3.82. The van der Waals surface area contributed by atoms with Gasteiger partial charge >= 0.3 is 0 Å². The minimum atomic E-state index is -0.277. The van der Waals surface area contributed by atoms with Crippen LogP contribution in [0.4, 0.5) is 5.69 Å². The highest BCUT2D eigenvalue weighted by Gasteiger charge is 2.25. The van der Waals surface area contributed by atoms with Gasteiger partial charge in [0.15, 0.2) is 11.8 Å². The van der Waals surface area contributed by atoms with Gasteiger partial charge in [0.1, 0.15) is 6.04 Å². The highest BCUT2D eigenvalue weighted by Crippen LogP contribution is 2.23. The van der Waals surface area contributed by atoms with Gasteiger partial charge in [-0.25, -0.2) is 0 Å². The molecule has 0 saturated carbocycles. The first-order chi connectivity index (χ1) is 14.0. The Labute approximate surface area is 176 Å². The van der Waals surface area contributed by atoms with Gasteiger partial charge in [0.05, 0.1) is 4.88 Å². The van der Waals surface area contributed by atoms with Crippen LogP contribution in [-0.4, -0.2) is 17.7 Å². The molecule has 1 aromatic heterocycles. The fraction of sp³-hybridized carbons (Fsp3) is 0.250. The average Bonchev–Trinajstić information content (AvgIpc) is 3.27. The molecule has 2 atom stereocenters. The van der Waals surface area contributed by atoms with Crippen molar-refractivity contribution in [3.63, 3.8) is 0 Å². The SMILES string of the molecule is CCc1ccc([C@H]([NH2+][C@H](C)C(=O)Nc2ccc(C(C)=O)cc2)c2cccs2)cc1. The van der Waals surface area contributed by atoms with Crippen LogP contribution in [-0.2, 0) is 11.2 Å². The van der Waals surface area contributed by atoms with Gasteiger partial charge in [0.2, 0.25) is 0 Å². The third kappa shape index (κ3) is 5.40. The molecule has 0 spiro atoms. The minimum absolute atomic E-state index is 0.0115. The smallest absolute Gasteiger partial charge is 0.282 e. The largest absolute Gasteiger partial charge is 0.326 e. The Morgan fingerprint density at radius 3 is 2.28 bits per heavy atom. The van der Waals surface area contributed by atoms with Crippen molar-refractivity contribution in [2.24, 2.45) is 0 Å². The van der Waals surface area contributed by atoms with Crippen LogP contribution >= 0.6 is 11.3 Å². The third-order valence-corrected chi connectivity index (χ3v) is 6.01. The predicted molar refractivity (Wildman–Crippen MR) is 118 cm³/mol. The molecule has 3 aromatic rings. The second-order valence-corrected chi connectivity index (χ2v) is 8.17. The van der Waals surface area contributed by atoms with Gasteiger partial charge < -0.3 is 10.6 Å². The summed E-state index contributed by atoms with van der Waals surface area (Å²) >= 11 is 1.70. The summed E-state index contributed by atoms with van der Waals surface area (Å²) in [7, 11) is 0. The number of aryl methyl sites for hydroxylation is 1. The molecule has 29 heavy (non-hydrogen) atoms. The van der Waals surface area contributed by atoms with E-state index in [2.05, 4.69) is 53.3 Å². The molecule has 3 rings (SSSR count). The number of quaternary nitrogens is 1. The maximum absolute atomic E-state index is 12.8. The number of hydrogen-bond donors (Lipinski definition) is 2. The van der Waals surface area contributed by atoms with Crippen molar-refractivity contribution in [3.05, 3.63) is 87.6 Å². The van der Waals surface area contributed by atoms with Gasteiger partial charge in [-0.2, -0.15) is 0 Å². The number of ketones is 1. The van der Waals surface area contributed by atoms with E-state index in [1.165, 1.54) is 22.9 Å². The van der Waals surface area contributed by atoms with Crippen molar-refractivity contribution >= 4 is 28.7 Å². The van der Waals surface area contributed by atoms with Crippen LogP contribution in [0.5, 0.6) is 0 Å². The molecular formula is C24H27N2O2S+. The van der Waals surface area contributed by atoms with Crippen molar-refractivity contribution in [3.8, 4) is 0 Å². The number of amides is 1. The number of carbonyl (C=O) groups is 2. The predicted octanol–water partition coefficient (Wildman–Crippen LogP) is 4.19. The van der Waals surface area contributed by atoms with Crippen LogP contribution in [0, 0.1) is 0 Å². The summed E-state index contributed by atoms with van der Waals surface area (Å²) in [6.07, 6.45) is 1.01. The number of nitrogens with one attached hydrogen (secondary N) is 1. The molecule has 0 aliphatic carbocycles. The first-order valence-corrected chi connectivity index (χ1v) is 10.7. The Kier molecular flexibility index (Phi) is 6.96. The fourth-order valence-corrected chi connectivity index (χ4v) is 4.05. The maximum Gasteiger partial charge on any atom is 0.282 e. The standard InChI is InChI=1S/C24H26N2O2S/c1-4-18-7-9-20(10-8-18)23(22-6-5-15-29-22)25-16(2)24(28)26-21-13-11-19(12-14-21)17(3)27/h5-16,23,25H,4H2,1-3H3,(H,26,28)/p+1/t16-,23+/m1/s1. The maximum atomic E-state index is 12.8. The summed E-state index contributed by atoms with van der Waals surface area (Å²) < 4.78 is 0. The summed E-state index contributed by atoms with van der Waals surface area (Å²) in [5.74, 6) is -0.0511. The Morgan fingerprint density at radius 1 is 1.03 bits per heavy atom. The zero-order valence-electron chi connectivity index (χ0n) is 17.0. The lowest BCUT2D eigenvalue weighted by molar-refractivity contribution is -0.703. The second-order valence-electron chi connectivity index (χ2n) is 7.19. The Hall–Kier alpha value is -2.76. The van der Waals surface area contributed by atoms with E-state index >= 15 is 0 Å². The molecule has 150 valence electrons. The molecule has 0 bridgehead atoms. The molecule has 0 radical (unpaired) electrons. The summed E-state index contributed by atoms with van der Waals surface area (Å²) in [6, 6.07) is 19.6. The van der Waals surface area contributed by atoms with Crippen LogP contribution in [0.2, 0.25) is 0 Å². The quantitative estimate of drug-likeness (QED) is 0.550. The third-order valence-electron chi connectivity index (χ3n) is 5.05. The van der Waals surface area contributed by atoms with Crippen molar-refractivity contribution in [1.82, 2.24) is 0 Å². The van der Waals surface area contributed by atoms with E-state index in [0.717, 1.165) is 6.42 Å². The monoisotopic (exact) mass is 407 g/mol. The van der Waals surface area contributed by atoms with E-state index in [1.54, 1.807) is 35.6 Å². The molecule has 1 heterocycles. The van der Waals surface area contributed by atoms with E-state index in [0.29, 0.717) is 11.3 Å². The van der Waals surface area contributed by atoms with Gasteiger partial charge in [-0.05, 0) is 61.5 Å². The Balaban J connectivity index is 1.72. The Morgan fingerprint density at radius 2 is 1.72 bits per heavy atom. The first-order valence-electron chi connectivity index (χ1n) is 9.87. The van der Waals surface area contributed by atoms with Crippen molar-refractivity contribution in [2.45, 2.75) is 39.3 Å². The lowest BCUT2D eigenvalue weighted by Gasteiger charge is -2.20. The number of benzene rings is 2. The van der Waals surface area contributed by atoms with Crippen LogP contribution in [0.25, 0.3) is 0 Å². The van der Waals surface area contributed by atoms with E-state index in [1.807, 2.05) is 13.0 Å². The molecule has 0 aliphatic heterocycles. The van der Waals surface area contributed by atoms with Crippen LogP contribution < -0.4 is 10.6 Å². The summed E-state index contributed by atoms with van der Waals surface area (Å²) in [6.45, 7) is 5.59. The lowest BCUT2D eigenvalue weighted by atomic mass is 10.0. The second kappa shape index (κ2) is 9.63. The molecule has 0 aliphatic rings. The number of anilines is 1. The summed E-state index contributed by atoms with van der Waals surface area (Å²) in [4.78, 5) is 25.4. The number of carbonyl (C=O) groups excluding carboxylic acids is 2. The molecule has 0 fully saturated rings. The number of Topliss-reactive ketones (excluding diaryl/α,β-unsaturated/α-hetero) is 1. The molecule has 5 heteroatoms. The van der Waals surface area contributed by atoms with Gasteiger partial charge in [-0.1, -0.05) is 37.3 Å². The van der Waals surface area contributed by atoms with Crippen molar-refractivity contribution in [2.75, 3.05) is 5.32 Å². The lowest BCUT2D eigenvalue weighted by Crippen LogP contribution is -2.92. The van der Waals surface area contributed by atoms with Crippen molar-refractivity contribution in [1.29, 1.82) is 0 Å². The van der Waals surface area contributed by atoms with Gasteiger partial charge in [-0.15, -0.1) is 11.3 Å². The molecule has 3 N–H and O–H groups in total. The topological polar surface area (TPSA) is 62.8 Å². The van der Waals surface area contributed by atoms with E-state index < -0.39 is 0 Å². The zero-order chi connectivity index (χ0) is 20.8. The van der Waals surface area contributed by atoms with Crippen LogP contribution in [0.1, 0.15) is 53.2 Å². The molecule has 1 amide bonds. The van der Waals surface area contributed by atoms with Crippen LogP contribution in [0.15, 0.2) is 66.0 Å². The van der Waals surface area contributed by atoms with E-state index in [9.17, 15) is 9.59 Å². The fourth-order valence-electron chi connectivity index (χ4n) is 3.22. The molecular weight excluding hydrogens is 380 g/mol. The highest BCUT2D eigenvalue weighted by molar-refractivity contribution is 7.10. The van der Waals surface area contributed by atoms with E-state index in [4.69, 9.17) is 0 Å². The van der Waals surface area contributed by atoms with Gasteiger partial charge in [0.25, 0.3) is 5.91 Å². The molecule has 4 nitrogen and oxygen atoms in total. The Bertz CT molecular complexity index is 948. The molecule has 0 saturated heterocycles. The number of rotatable bonds is 8.